The summed E-state index contributed by atoms with van der Waals surface area (Å²) in [5, 5.41) is 3.29. The first-order valence-electron chi connectivity index (χ1n) is 9.59. The number of rotatable bonds is 4. The number of alkyl halides is 3. The number of hydrogen-bond donors (Lipinski definition) is 0. The smallest absolute Gasteiger partial charge is 0.166 e. The van der Waals surface area contributed by atoms with Gasteiger partial charge in [0.1, 0.15) is 0 Å². The summed E-state index contributed by atoms with van der Waals surface area (Å²) in [4.78, 5) is 0. The molecule has 0 aliphatic rings. The molecule has 0 atom stereocenters. The Hall–Kier alpha value is -3.03. The SMILES string of the molecule is FC(F)(F)c1cccc(C=P(c2ccccc2)(c2ccccc2)c2ccccc2)c1. The van der Waals surface area contributed by atoms with Crippen molar-refractivity contribution in [1.29, 1.82) is 0 Å². The molecule has 4 aromatic rings. The Morgan fingerprint density at radius 3 is 1.37 bits per heavy atom. The molecule has 4 aromatic carbocycles. The molecule has 0 saturated carbocycles. The van der Waals surface area contributed by atoms with Crippen LogP contribution in [0.2, 0.25) is 0 Å². The molecule has 0 spiro atoms. The van der Waals surface area contributed by atoms with Gasteiger partial charge >= 0.3 is 6.18 Å². The van der Waals surface area contributed by atoms with Crippen LogP contribution in [-0.2, 0) is 6.18 Å². The minimum Gasteiger partial charge on any atom is -0.166 e. The number of halogens is 3. The maximum absolute atomic E-state index is 13.4. The second-order valence-electron chi connectivity index (χ2n) is 6.98. The topological polar surface area (TPSA) is 0 Å². The van der Waals surface area contributed by atoms with E-state index in [2.05, 4.69) is 36.4 Å². The van der Waals surface area contributed by atoms with E-state index in [9.17, 15) is 13.2 Å². The third-order valence-corrected chi connectivity index (χ3v) is 9.07. The minimum atomic E-state index is -4.38. The van der Waals surface area contributed by atoms with Gasteiger partial charge in [-0.1, -0.05) is 103 Å². The molecule has 0 aliphatic heterocycles. The molecule has 0 saturated heterocycles. The molecule has 0 radical (unpaired) electrons. The molecular formula is C26H20F3P. The van der Waals surface area contributed by atoms with Crippen molar-refractivity contribution in [1.82, 2.24) is 0 Å². The first-order valence-corrected chi connectivity index (χ1v) is 11.4. The van der Waals surface area contributed by atoms with Crippen molar-refractivity contribution >= 4 is 28.6 Å². The van der Waals surface area contributed by atoms with Gasteiger partial charge in [0.15, 0.2) is 0 Å². The van der Waals surface area contributed by atoms with Crippen molar-refractivity contribution in [3.8, 4) is 0 Å². The molecule has 0 amide bonds. The van der Waals surface area contributed by atoms with E-state index in [4.69, 9.17) is 0 Å². The van der Waals surface area contributed by atoms with Gasteiger partial charge < -0.3 is 0 Å². The maximum Gasteiger partial charge on any atom is 0.416 e. The van der Waals surface area contributed by atoms with Crippen LogP contribution in [0.4, 0.5) is 13.2 Å². The Balaban J connectivity index is 2.10. The summed E-state index contributed by atoms with van der Waals surface area (Å²) in [6.45, 7) is -2.34. The van der Waals surface area contributed by atoms with Gasteiger partial charge in [0.25, 0.3) is 0 Å². The zero-order chi connectivity index (χ0) is 21.0. The largest absolute Gasteiger partial charge is 0.416 e. The van der Waals surface area contributed by atoms with E-state index in [0.717, 1.165) is 22.0 Å². The van der Waals surface area contributed by atoms with Gasteiger partial charge in [0.05, 0.1) is 5.56 Å². The molecule has 0 bridgehead atoms. The van der Waals surface area contributed by atoms with Gasteiger partial charge in [-0.05, 0) is 46.3 Å². The average Bonchev–Trinajstić information content (AvgIpc) is 2.79. The zero-order valence-electron chi connectivity index (χ0n) is 16.1. The summed E-state index contributed by atoms with van der Waals surface area (Å²) in [7, 11) is 0. The highest BCUT2D eigenvalue weighted by Crippen LogP contribution is 2.44. The van der Waals surface area contributed by atoms with Crippen LogP contribution in [0.1, 0.15) is 11.1 Å². The molecular weight excluding hydrogens is 400 g/mol. The van der Waals surface area contributed by atoms with E-state index < -0.39 is 18.6 Å². The fourth-order valence-corrected chi connectivity index (χ4v) is 7.56. The Bertz CT molecular complexity index is 1060. The van der Waals surface area contributed by atoms with Gasteiger partial charge in [-0.2, -0.15) is 13.2 Å². The van der Waals surface area contributed by atoms with Crippen LogP contribution in [0.5, 0.6) is 0 Å². The third kappa shape index (κ3) is 3.99. The lowest BCUT2D eigenvalue weighted by molar-refractivity contribution is -0.137. The lowest BCUT2D eigenvalue weighted by Gasteiger charge is -2.29. The van der Waals surface area contributed by atoms with E-state index in [1.165, 1.54) is 12.1 Å². The van der Waals surface area contributed by atoms with Crippen molar-refractivity contribution in [2.75, 3.05) is 0 Å². The Kier molecular flexibility index (Phi) is 5.65. The van der Waals surface area contributed by atoms with Crippen LogP contribution in [0, 0.1) is 0 Å². The van der Waals surface area contributed by atoms with Crippen LogP contribution in [0.25, 0.3) is 0 Å². The summed E-state index contributed by atoms with van der Waals surface area (Å²) in [5.41, 5.74) is -0.0711. The predicted octanol–water partition coefficient (Wildman–Crippen LogP) is 5.85. The summed E-state index contributed by atoms with van der Waals surface area (Å²) in [6.07, 6.45) is -4.38. The van der Waals surface area contributed by atoms with Gasteiger partial charge in [-0.25, -0.2) is 0 Å². The first-order chi connectivity index (χ1) is 14.5. The fraction of sp³-hybridized carbons (Fsp3) is 0.0385. The Labute approximate surface area is 174 Å². The fourth-order valence-electron chi connectivity index (χ4n) is 3.68. The van der Waals surface area contributed by atoms with Crippen LogP contribution < -0.4 is 15.9 Å². The molecule has 30 heavy (non-hydrogen) atoms. The molecule has 4 rings (SSSR count). The monoisotopic (exact) mass is 420 g/mol. The molecule has 0 aromatic heterocycles. The van der Waals surface area contributed by atoms with E-state index in [1.54, 1.807) is 6.07 Å². The van der Waals surface area contributed by atoms with Crippen LogP contribution in [0.15, 0.2) is 115 Å². The quantitative estimate of drug-likeness (QED) is 0.364. The van der Waals surface area contributed by atoms with Crippen molar-refractivity contribution in [3.63, 3.8) is 0 Å². The van der Waals surface area contributed by atoms with Crippen molar-refractivity contribution < 1.29 is 13.2 Å². The normalized spacial score (nSPS) is 11.8. The molecule has 0 aliphatic carbocycles. The number of hydrogen-bond acceptors (Lipinski definition) is 0. The Morgan fingerprint density at radius 2 is 0.967 bits per heavy atom. The maximum atomic E-state index is 13.4. The second kappa shape index (κ2) is 8.38. The zero-order valence-corrected chi connectivity index (χ0v) is 17.0. The van der Waals surface area contributed by atoms with Crippen molar-refractivity contribution in [3.05, 3.63) is 126 Å². The Morgan fingerprint density at radius 1 is 0.533 bits per heavy atom. The summed E-state index contributed by atoms with van der Waals surface area (Å²) in [5.74, 6) is 2.04. The van der Waals surface area contributed by atoms with Crippen LogP contribution in [0.3, 0.4) is 0 Å². The minimum absolute atomic E-state index is 0.565. The van der Waals surface area contributed by atoms with Crippen LogP contribution in [-0.4, -0.2) is 5.80 Å². The third-order valence-electron chi connectivity index (χ3n) is 5.05. The van der Waals surface area contributed by atoms with E-state index in [0.29, 0.717) is 5.56 Å². The molecule has 0 heterocycles. The van der Waals surface area contributed by atoms with E-state index in [1.807, 2.05) is 60.4 Å². The highest BCUT2D eigenvalue weighted by atomic mass is 31.2. The molecule has 0 unspecified atom stereocenters. The number of benzene rings is 4. The lowest BCUT2D eigenvalue weighted by atomic mass is 10.1. The average molecular weight is 420 g/mol. The predicted molar refractivity (Wildman–Crippen MR) is 122 cm³/mol. The summed E-state index contributed by atoms with van der Waals surface area (Å²) < 4.78 is 40.1. The van der Waals surface area contributed by atoms with Gasteiger partial charge in [-0.3, -0.25) is 0 Å². The molecule has 150 valence electrons. The van der Waals surface area contributed by atoms with Gasteiger partial charge in [0.2, 0.25) is 0 Å². The van der Waals surface area contributed by atoms with Crippen LogP contribution >= 0.6 is 6.89 Å². The summed E-state index contributed by atoms with van der Waals surface area (Å²) in [6, 6.07) is 35.7. The van der Waals surface area contributed by atoms with Gasteiger partial charge in [-0.15, -0.1) is 0 Å². The molecule has 4 heteroatoms. The second-order valence-corrected chi connectivity index (χ2v) is 10.2. The highest BCUT2D eigenvalue weighted by molar-refractivity contribution is 7.94. The van der Waals surface area contributed by atoms with E-state index >= 15 is 0 Å². The molecule has 0 nitrogen and oxygen atoms in total. The first kappa shape index (κ1) is 20.3. The molecule has 0 N–H and O–H groups in total. The van der Waals surface area contributed by atoms with Crippen molar-refractivity contribution in [2.45, 2.75) is 6.18 Å². The highest BCUT2D eigenvalue weighted by Gasteiger charge is 2.31. The standard InChI is InChI=1S/C26H20F3P/c27-26(28,29)22-12-10-11-21(19-22)20-30(23-13-4-1-5-14-23,24-15-6-2-7-16-24)25-17-8-3-9-18-25/h1-20H. The van der Waals surface area contributed by atoms with Gasteiger partial charge in [0, 0.05) is 0 Å². The molecule has 0 fully saturated rings. The van der Waals surface area contributed by atoms with E-state index in [-0.39, 0.29) is 0 Å². The van der Waals surface area contributed by atoms with Crippen molar-refractivity contribution in [2.24, 2.45) is 0 Å². The lowest BCUT2D eigenvalue weighted by Crippen LogP contribution is -2.27. The summed E-state index contributed by atoms with van der Waals surface area (Å²) >= 11 is 0.